The van der Waals surface area contributed by atoms with E-state index in [9.17, 15) is 4.79 Å². The van der Waals surface area contributed by atoms with Crippen LogP contribution in [0.15, 0.2) is 90.7 Å². The largest absolute Gasteiger partial charge is 0.388 e. The molecule has 1 atom stereocenters. The van der Waals surface area contributed by atoms with E-state index in [0.717, 1.165) is 48.1 Å². The van der Waals surface area contributed by atoms with Crippen molar-refractivity contribution in [1.82, 2.24) is 30.8 Å². The van der Waals surface area contributed by atoms with E-state index in [0.29, 0.717) is 17.9 Å². The maximum atomic E-state index is 12.4. The summed E-state index contributed by atoms with van der Waals surface area (Å²) in [6.07, 6.45) is 9.56. The van der Waals surface area contributed by atoms with Gasteiger partial charge in [0.2, 0.25) is 0 Å². The first-order chi connectivity index (χ1) is 21.0. The number of nitrogens with two attached hydrogens (primary N) is 1. The lowest BCUT2D eigenvalue weighted by molar-refractivity contribution is 0.0827. The number of aromatic amines is 1. The SMILES string of the molecule is C=C/C(=C\C)C(=C)NC.CC(C)=CCCc1cc(C(=O)N(C)C)ccc1C(CCN)c1nn[nH]n1.CCc1ccc(C)cc1. The maximum Gasteiger partial charge on any atom is 0.253 e. The summed E-state index contributed by atoms with van der Waals surface area (Å²) in [6, 6.07) is 14.5. The van der Waals surface area contributed by atoms with Gasteiger partial charge in [-0.3, -0.25) is 4.79 Å². The van der Waals surface area contributed by atoms with Crippen molar-refractivity contribution in [1.29, 1.82) is 0 Å². The van der Waals surface area contributed by atoms with Crippen LogP contribution in [-0.2, 0) is 12.8 Å². The number of allylic oxidation sites excluding steroid dienone is 4. The maximum absolute atomic E-state index is 12.4. The zero-order valence-corrected chi connectivity index (χ0v) is 28.1. The first-order valence-corrected chi connectivity index (χ1v) is 15.1. The fraction of sp³-hybridized carbons (Fsp3) is 0.389. The second-order valence-corrected chi connectivity index (χ2v) is 10.8. The summed E-state index contributed by atoms with van der Waals surface area (Å²) in [5.74, 6) is 0.588. The fourth-order valence-electron chi connectivity index (χ4n) is 4.36. The van der Waals surface area contributed by atoms with E-state index < -0.39 is 0 Å². The summed E-state index contributed by atoms with van der Waals surface area (Å²) < 4.78 is 0. The molecule has 0 bridgehead atoms. The fourth-order valence-corrected chi connectivity index (χ4v) is 4.36. The van der Waals surface area contributed by atoms with Gasteiger partial charge in [0, 0.05) is 38.3 Å². The number of nitrogens with one attached hydrogen (secondary N) is 2. The molecule has 8 nitrogen and oxygen atoms in total. The smallest absolute Gasteiger partial charge is 0.253 e. The Morgan fingerprint density at radius 3 is 2.30 bits per heavy atom. The Labute approximate surface area is 265 Å². The zero-order valence-electron chi connectivity index (χ0n) is 28.1. The summed E-state index contributed by atoms with van der Waals surface area (Å²) >= 11 is 0. The van der Waals surface area contributed by atoms with Gasteiger partial charge in [0.25, 0.3) is 5.91 Å². The molecule has 0 radical (unpaired) electrons. The van der Waals surface area contributed by atoms with Gasteiger partial charge in [-0.2, -0.15) is 5.21 Å². The molecule has 0 spiro atoms. The van der Waals surface area contributed by atoms with Crippen LogP contribution in [0.4, 0.5) is 0 Å². The van der Waals surface area contributed by atoms with Crippen LogP contribution >= 0.6 is 0 Å². The normalized spacial score (nSPS) is 11.2. The molecule has 3 rings (SSSR count). The lowest BCUT2D eigenvalue weighted by atomic mass is 9.87. The lowest BCUT2D eigenvalue weighted by Crippen LogP contribution is -2.22. The Kier molecular flexibility index (Phi) is 17.6. The number of carbonyl (C=O) groups is 1. The molecule has 0 aliphatic carbocycles. The molecule has 238 valence electrons. The Morgan fingerprint density at radius 1 is 1.16 bits per heavy atom. The molecule has 44 heavy (non-hydrogen) atoms. The van der Waals surface area contributed by atoms with Crippen LogP contribution in [0.3, 0.4) is 0 Å². The number of tetrazole rings is 1. The highest BCUT2D eigenvalue weighted by molar-refractivity contribution is 5.94. The minimum absolute atomic E-state index is 0.00468. The van der Waals surface area contributed by atoms with Gasteiger partial charge >= 0.3 is 0 Å². The Balaban J connectivity index is 0.000000437. The molecule has 1 unspecified atom stereocenters. The van der Waals surface area contributed by atoms with Crippen LogP contribution in [0.5, 0.6) is 0 Å². The Hall–Kier alpha value is -4.30. The van der Waals surface area contributed by atoms with Crippen LogP contribution in [0, 0.1) is 6.92 Å². The van der Waals surface area contributed by atoms with Crippen molar-refractivity contribution in [2.45, 2.75) is 66.2 Å². The van der Waals surface area contributed by atoms with Crippen molar-refractivity contribution < 1.29 is 4.79 Å². The van der Waals surface area contributed by atoms with Crippen LogP contribution in [0.25, 0.3) is 0 Å². The van der Waals surface area contributed by atoms with E-state index in [4.69, 9.17) is 5.73 Å². The highest BCUT2D eigenvalue weighted by Crippen LogP contribution is 2.29. The molecular formula is C36H53N7O. The Morgan fingerprint density at radius 2 is 1.84 bits per heavy atom. The average Bonchev–Trinajstić information content (AvgIpc) is 3.56. The summed E-state index contributed by atoms with van der Waals surface area (Å²) in [4.78, 5) is 14.0. The summed E-state index contributed by atoms with van der Waals surface area (Å²) in [6.45, 7) is 18.3. The molecule has 8 heteroatoms. The number of aryl methyl sites for hydroxylation is 3. The number of hydrogen-bond donors (Lipinski definition) is 3. The summed E-state index contributed by atoms with van der Waals surface area (Å²) in [5, 5.41) is 17.5. The number of hydrogen-bond acceptors (Lipinski definition) is 6. The highest BCUT2D eigenvalue weighted by atomic mass is 16.2. The third kappa shape index (κ3) is 12.9. The minimum Gasteiger partial charge on any atom is -0.388 e. The predicted octanol–water partition coefficient (Wildman–Crippen LogP) is 6.69. The number of rotatable bonds is 12. The van der Waals surface area contributed by atoms with Crippen LogP contribution in [0.1, 0.15) is 84.9 Å². The summed E-state index contributed by atoms with van der Waals surface area (Å²) in [7, 11) is 5.36. The van der Waals surface area contributed by atoms with Crippen molar-refractivity contribution in [3.8, 4) is 0 Å². The third-order valence-corrected chi connectivity index (χ3v) is 6.98. The van der Waals surface area contributed by atoms with E-state index in [1.165, 1.54) is 16.7 Å². The van der Waals surface area contributed by atoms with Gasteiger partial charge in [0.15, 0.2) is 5.82 Å². The standard InChI is InChI=1S/C19H28N6O.C9H12.C8H13N/c1-13(2)6-5-7-14-12-15(19(26)25(3)4)8-9-16(14)17(10-11-20)18-21-23-24-22-18;1-3-9-6-4-8(2)5-7-9;1-5-8(6-2)7(3)9-4/h6,8-9,12,17H,5,7,10-11,20H2,1-4H3,(H,21,22,23,24);4-7H,3H2,1-2H3;5-6,9H,1,3H2,2,4H3/b;;8-6+. The number of H-pyrrole nitrogens is 1. The van der Waals surface area contributed by atoms with Gasteiger partial charge < -0.3 is 16.0 Å². The van der Waals surface area contributed by atoms with Crippen LogP contribution in [-0.4, -0.2) is 59.1 Å². The number of benzene rings is 2. The summed E-state index contributed by atoms with van der Waals surface area (Å²) in [5.41, 5.74) is 14.7. The van der Waals surface area contributed by atoms with Gasteiger partial charge in [-0.15, -0.1) is 10.2 Å². The van der Waals surface area contributed by atoms with Crippen molar-refractivity contribution in [3.63, 3.8) is 0 Å². The Bertz CT molecular complexity index is 1350. The molecular weight excluding hydrogens is 546 g/mol. The highest BCUT2D eigenvalue weighted by Gasteiger charge is 2.22. The second-order valence-electron chi connectivity index (χ2n) is 10.8. The van der Waals surface area contributed by atoms with E-state index in [-0.39, 0.29) is 11.8 Å². The zero-order chi connectivity index (χ0) is 33.1. The molecule has 1 aromatic heterocycles. The first-order valence-electron chi connectivity index (χ1n) is 15.1. The van der Waals surface area contributed by atoms with Crippen molar-refractivity contribution in [3.05, 3.63) is 124 Å². The topological polar surface area (TPSA) is 113 Å². The molecule has 3 aromatic rings. The molecule has 0 saturated heterocycles. The van der Waals surface area contributed by atoms with Gasteiger partial charge in [-0.25, -0.2) is 0 Å². The van der Waals surface area contributed by atoms with Crippen LogP contribution < -0.4 is 11.1 Å². The molecule has 4 N–H and O–H groups in total. The molecule has 0 fully saturated rings. The molecule has 1 amide bonds. The van der Waals surface area contributed by atoms with Crippen molar-refractivity contribution in [2.24, 2.45) is 5.73 Å². The molecule has 0 aliphatic rings. The lowest BCUT2D eigenvalue weighted by Gasteiger charge is -2.19. The average molecular weight is 600 g/mol. The van der Waals surface area contributed by atoms with Crippen molar-refractivity contribution in [2.75, 3.05) is 27.7 Å². The molecule has 0 saturated carbocycles. The van der Waals surface area contributed by atoms with Gasteiger partial charge in [-0.1, -0.05) is 85.0 Å². The van der Waals surface area contributed by atoms with Crippen molar-refractivity contribution >= 4 is 5.91 Å². The number of likely N-dealkylation sites (N-methyl/N-ethyl adjacent to an activating group) is 1. The number of carbonyl (C=O) groups excluding carboxylic acids is 1. The monoisotopic (exact) mass is 599 g/mol. The van der Waals surface area contributed by atoms with E-state index in [2.05, 4.69) is 97.1 Å². The molecule has 2 aromatic carbocycles. The van der Waals surface area contributed by atoms with Gasteiger partial charge in [0.1, 0.15) is 0 Å². The first kappa shape index (κ1) is 37.7. The van der Waals surface area contributed by atoms with Gasteiger partial charge in [-0.05, 0) is 94.3 Å². The number of aromatic nitrogens is 4. The number of nitrogens with zero attached hydrogens (tertiary/aromatic N) is 4. The van der Waals surface area contributed by atoms with E-state index >= 15 is 0 Å². The van der Waals surface area contributed by atoms with Crippen LogP contribution in [0.2, 0.25) is 0 Å². The predicted molar refractivity (Wildman–Crippen MR) is 185 cm³/mol. The van der Waals surface area contributed by atoms with Gasteiger partial charge in [0.05, 0.1) is 0 Å². The quantitative estimate of drug-likeness (QED) is 0.158. The minimum atomic E-state index is -0.0380. The molecule has 0 aliphatic heterocycles. The second kappa shape index (κ2) is 20.6. The number of amides is 1. The molecule has 1 heterocycles. The third-order valence-electron chi connectivity index (χ3n) is 6.98. The van der Waals surface area contributed by atoms with E-state index in [1.807, 2.05) is 38.2 Å². The van der Waals surface area contributed by atoms with E-state index in [1.54, 1.807) is 25.1 Å².